The summed E-state index contributed by atoms with van der Waals surface area (Å²) in [6, 6.07) is 7.55. The molecule has 0 unspecified atom stereocenters. The lowest BCUT2D eigenvalue weighted by Crippen LogP contribution is -2.30. The smallest absolute Gasteiger partial charge is 0.229 e. The van der Waals surface area contributed by atoms with Gasteiger partial charge in [-0.05, 0) is 25.5 Å². The molecule has 0 aliphatic carbocycles. The zero-order valence-electron chi connectivity index (χ0n) is 11.5. The average molecular weight is 274 g/mol. The summed E-state index contributed by atoms with van der Waals surface area (Å²) in [5, 5.41) is 2.79. The number of hydrogen-bond acceptors (Lipinski definition) is 3. The summed E-state index contributed by atoms with van der Waals surface area (Å²) in [7, 11) is 0. The summed E-state index contributed by atoms with van der Waals surface area (Å²) < 4.78 is 0. The van der Waals surface area contributed by atoms with Crippen molar-refractivity contribution in [2.75, 3.05) is 11.9 Å². The second kappa shape index (κ2) is 6.32. The predicted molar refractivity (Wildman–Crippen MR) is 75.0 cm³/mol. The Labute approximate surface area is 118 Å². The number of nitrogens with one attached hydrogen (secondary N) is 1. The fourth-order valence-electron chi connectivity index (χ4n) is 2.13. The molecule has 1 heterocycles. The van der Waals surface area contributed by atoms with Gasteiger partial charge in [-0.3, -0.25) is 19.3 Å². The Morgan fingerprint density at radius 2 is 1.75 bits per heavy atom. The number of imide groups is 1. The van der Waals surface area contributed by atoms with E-state index in [9.17, 15) is 14.4 Å². The zero-order chi connectivity index (χ0) is 14.5. The van der Waals surface area contributed by atoms with Gasteiger partial charge in [0.05, 0.1) is 0 Å². The van der Waals surface area contributed by atoms with Gasteiger partial charge >= 0.3 is 0 Å². The third-order valence-corrected chi connectivity index (χ3v) is 3.28. The molecule has 1 aromatic carbocycles. The molecule has 0 spiro atoms. The van der Waals surface area contributed by atoms with E-state index in [1.165, 1.54) is 4.90 Å². The number of aryl methyl sites for hydroxylation is 1. The highest BCUT2D eigenvalue weighted by atomic mass is 16.2. The standard InChI is InChI=1S/C15H18N2O3/c1-11-4-6-12(7-5-11)16-13(18)3-2-10-17-14(19)8-9-15(17)20/h4-7H,2-3,8-10H2,1H3,(H,16,18). The number of carbonyl (C=O) groups is 3. The molecule has 0 bridgehead atoms. The zero-order valence-corrected chi connectivity index (χ0v) is 11.5. The summed E-state index contributed by atoms with van der Waals surface area (Å²) in [5.41, 5.74) is 1.89. The summed E-state index contributed by atoms with van der Waals surface area (Å²) in [6.07, 6.45) is 1.39. The molecule has 0 saturated carbocycles. The SMILES string of the molecule is Cc1ccc(NC(=O)CCCN2C(=O)CCC2=O)cc1. The lowest BCUT2D eigenvalue weighted by atomic mass is 10.2. The van der Waals surface area contributed by atoms with Gasteiger partial charge in [0.1, 0.15) is 0 Å². The third kappa shape index (κ3) is 3.66. The fraction of sp³-hybridized carbons (Fsp3) is 0.400. The van der Waals surface area contributed by atoms with Gasteiger partial charge in [0.2, 0.25) is 17.7 Å². The van der Waals surface area contributed by atoms with E-state index < -0.39 is 0 Å². The van der Waals surface area contributed by atoms with Gasteiger partial charge in [-0.15, -0.1) is 0 Å². The first-order chi connectivity index (χ1) is 9.56. The third-order valence-electron chi connectivity index (χ3n) is 3.28. The number of nitrogens with zero attached hydrogens (tertiary/aromatic N) is 1. The van der Waals surface area contributed by atoms with E-state index in [2.05, 4.69) is 5.32 Å². The van der Waals surface area contributed by atoms with Crippen LogP contribution < -0.4 is 5.32 Å². The molecule has 1 N–H and O–H groups in total. The molecular formula is C15H18N2O3. The molecule has 3 amide bonds. The first kappa shape index (κ1) is 14.2. The van der Waals surface area contributed by atoms with Crippen LogP contribution in [0.1, 0.15) is 31.2 Å². The molecule has 1 aliphatic rings. The number of hydrogen-bond donors (Lipinski definition) is 1. The van der Waals surface area contributed by atoms with Crippen molar-refractivity contribution >= 4 is 23.4 Å². The van der Waals surface area contributed by atoms with Crippen molar-refractivity contribution in [3.05, 3.63) is 29.8 Å². The van der Waals surface area contributed by atoms with Gasteiger partial charge in [0.15, 0.2) is 0 Å². The van der Waals surface area contributed by atoms with E-state index in [4.69, 9.17) is 0 Å². The Balaban J connectivity index is 1.74. The van der Waals surface area contributed by atoms with Gasteiger partial charge in [-0.2, -0.15) is 0 Å². The average Bonchev–Trinajstić information content (AvgIpc) is 2.73. The molecule has 5 heteroatoms. The number of likely N-dealkylation sites (tertiary alicyclic amines) is 1. The lowest BCUT2D eigenvalue weighted by molar-refractivity contribution is -0.138. The maximum Gasteiger partial charge on any atom is 0.229 e. The van der Waals surface area contributed by atoms with Crippen LogP contribution in [0.2, 0.25) is 0 Å². The number of benzene rings is 1. The summed E-state index contributed by atoms with van der Waals surface area (Å²) in [5.74, 6) is -0.365. The van der Waals surface area contributed by atoms with Crippen LogP contribution in [-0.4, -0.2) is 29.2 Å². The largest absolute Gasteiger partial charge is 0.326 e. The van der Waals surface area contributed by atoms with Gasteiger partial charge in [0, 0.05) is 31.5 Å². The van der Waals surface area contributed by atoms with Crippen molar-refractivity contribution in [2.24, 2.45) is 0 Å². The van der Waals surface area contributed by atoms with E-state index >= 15 is 0 Å². The fourth-order valence-corrected chi connectivity index (χ4v) is 2.13. The van der Waals surface area contributed by atoms with E-state index in [0.29, 0.717) is 32.2 Å². The minimum absolute atomic E-state index is 0.104. The highest BCUT2D eigenvalue weighted by molar-refractivity contribution is 6.01. The van der Waals surface area contributed by atoms with E-state index in [1.54, 1.807) is 0 Å². The molecular weight excluding hydrogens is 256 g/mol. The Hall–Kier alpha value is -2.17. The second-order valence-electron chi connectivity index (χ2n) is 4.96. The molecule has 2 rings (SSSR count). The quantitative estimate of drug-likeness (QED) is 0.833. The first-order valence-corrected chi connectivity index (χ1v) is 6.76. The monoisotopic (exact) mass is 274 g/mol. The summed E-state index contributed by atoms with van der Waals surface area (Å²) >= 11 is 0. The Morgan fingerprint density at radius 1 is 1.15 bits per heavy atom. The van der Waals surface area contributed by atoms with Crippen molar-refractivity contribution in [2.45, 2.75) is 32.6 Å². The summed E-state index contributed by atoms with van der Waals surface area (Å²) in [6.45, 7) is 2.31. The van der Waals surface area contributed by atoms with Crippen molar-refractivity contribution < 1.29 is 14.4 Å². The second-order valence-corrected chi connectivity index (χ2v) is 4.96. The predicted octanol–water partition coefficient (Wildman–Crippen LogP) is 1.86. The molecule has 106 valence electrons. The normalized spacial score (nSPS) is 14.8. The summed E-state index contributed by atoms with van der Waals surface area (Å²) in [4.78, 5) is 35.8. The number of anilines is 1. The Morgan fingerprint density at radius 3 is 2.35 bits per heavy atom. The van der Waals surface area contributed by atoms with Crippen LogP contribution >= 0.6 is 0 Å². The van der Waals surface area contributed by atoms with Crippen LogP contribution in [0.3, 0.4) is 0 Å². The number of rotatable bonds is 5. The molecule has 0 atom stereocenters. The molecule has 0 radical (unpaired) electrons. The highest BCUT2D eigenvalue weighted by Crippen LogP contribution is 2.13. The van der Waals surface area contributed by atoms with Crippen molar-refractivity contribution in [3.63, 3.8) is 0 Å². The van der Waals surface area contributed by atoms with Gasteiger partial charge in [-0.25, -0.2) is 0 Å². The Kier molecular flexibility index (Phi) is 4.50. The van der Waals surface area contributed by atoms with Crippen molar-refractivity contribution in [1.29, 1.82) is 0 Å². The van der Waals surface area contributed by atoms with Gasteiger partial charge < -0.3 is 5.32 Å². The molecule has 0 aromatic heterocycles. The minimum Gasteiger partial charge on any atom is -0.326 e. The molecule has 1 saturated heterocycles. The first-order valence-electron chi connectivity index (χ1n) is 6.76. The molecule has 1 fully saturated rings. The number of carbonyl (C=O) groups excluding carboxylic acids is 3. The van der Waals surface area contributed by atoms with Crippen molar-refractivity contribution in [3.8, 4) is 0 Å². The lowest BCUT2D eigenvalue weighted by Gasteiger charge is -2.13. The minimum atomic E-state index is -0.131. The molecule has 5 nitrogen and oxygen atoms in total. The van der Waals surface area contributed by atoms with E-state index in [-0.39, 0.29) is 17.7 Å². The van der Waals surface area contributed by atoms with E-state index in [1.807, 2.05) is 31.2 Å². The van der Waals surface area contributed by atoms with Crippen LogP contribution in [-0.2, 0) is 14.4 Å². The van der Waals surface area contributed by atoms with Crippen LogP contribution in [0.15, 0.2) is 24.3 Å². The molecule has 20 heavy (non-hydrogen) atoms. The maximum atomic E-state index is 11.7. The maximum absolute atomic E-state index is 11.7. The Bertz CT molecular complexity index is 506. The topological polar surface area (TPSA) is 66.5 Å². The van der Waals surface area contributed by atoms with Crippen LogP contribution in [0, 0.1) is 6.92 Å². The van der Waals surface area contributed by atoms with E-state index in [0.717, 1.165) is 11.3 Å². The van der Waals surface area contributed by atoms with Gasteiger partial charge in [0.25, 0.3) is 0 Å². The molecule has 1 aliphatic heterocycles. The molecule has 1 aromatic rings. The van der Waals surface area contributed by atoms with Crippen LogP contribution in [0.25, 0.3) is 0 Å². The van der Waals surface area contributed by atoms with Crippen LogP contribution in [0.5, 0.6) is 0 Å². The van der Waals surface area contributed by atoms with Crippen LogP contribution in [0.4, 0.5) is 5.69 Å². The number of amides is 3. The van der Waals surface area contributed by atoms with Gasteiger partial charge in [-0.1, -0.05) is 17.7 Å². The highest BCUT2D eigenvalue weighted by Gasteiger charge is 2.28. The van der Waals surface area contributed by atoms with Crippen molar-refractivity contribution in [1.82, 2.24) is 4.90 Å².